The highest BCUT2D eigenvalue weighted by atomic mass is 35.5. The number of pyridine rings is 1. The fourth-order valence-electron chi connectivity index (χ4n) is 2.41. The van der Waals surface area contributed by atoms with Crippen molar-refractivity contribution in [3.63, 3.8) is 0 Å². The van der Waals surface area contributed by atoms with Crippen LogP contribution in [0.4, 0.5) is 4.39 Å². The van der Waals surface area contributed by atoms with Crippen molar-refractivity contribution in [1.82, 2.24) is 4.57 Å². The van der Waals surface area contributed by atoms with Crippen LogP contribution in [0.5, 0.6) is 0 Å². The second kappa shape index (κ2) is 6.80. The fraction of sp³-hybridized carbons (Fsp3) is 0.333. The van der Waals surface area contributed by atoms with Crippen molar-refractivity contribution in [3.8, 4) is 0 Å². The van der Waals surface area contributed by atoms with Crippen LogP contribution in [0.1, 0.15) is 24.2 Å². The van der Waals surface area contributed by atoms with E-state index in [4.69, 9.17) is 16.3 Å². The molecule has 0 spiro atoms. The predicted molar refractivity (Wildman–Crippen MR) is 87.1 cm³/mol. The molecule has 1 atom stereocenters. The highest BCUT2D eigenvalue weighted by Gasteiger charge is 2.26. The van der Waals surface area contributed by atoms with E-state index in [-0.39, 0.29) is 27.6 Å². The molecule has 0 unspecified atom stereocenters. The molecule has 0 bridgehead atoms. The maximum absolute atomic E-state index is 13.7. The number of hydrogen-bond acceptors (Lipinski definition) is 4. The van der Waals surface area contributed by atoms with Gasteiger partial charge in [0, 0.05) is 18.2 Å². The molecule has 2 aromatic rings. The van der Waals surface area contributed by atoms with Gasteiger partial charge >= 0.3 is 5.97 Å². The first-order valence-electron chi connectivity index (χ1n) is 6.89. The van der Waals surface area contributed by atoms with Crippen molar-refractivity contribution in [3.05, 3.63) is 38.8 Å². The summed E-state index contributed by atoms with van der Waals surface area (Å²) < 4.78 is 32.3. The number of rotatable bonds is 4. The summed E-state index contributed by atoms with van der Waals surface area (Å²) in [6, 6.07) is 2.28. The molecule has 0 N–H and O–H groups in total. The summed E-state index contributed by atoms with van der Waals surface area (Å²) in [4.78, 5) is 24.8. The molecular formula is C15H15ClFNO4S. The molecule has 1 heterocycles. The molecule has 0 aliphatic heterocycles. The predicted octanol–water partition coefficient (Wildman–Crippen LogP) is 2.73. The first kappa shape index (κ1) is 17.6. The summed E-state index contributed by atoms with van der Waals surface area (Å²) in [5.41, 5.74) is -0.727. The third kappa shape index (κ3) is 3.03. The fourth-order valence-corrected chi connectivity index (χ4v) is 3.57. The van der Waals surface area contributed by atoms with Crippen LogP contribution in [0.3, 0.4) is 0 Å². The lowest BCUT2D eigenvalue weighted by Gasteiger charge is -2.17. The van der Waals surface area contributed by atoms with E-state index in [0.29, 0.717) is 12.1 Å². The Kier molecular flexibility index (Phi) is 5.21. The number of ether oxygens (including phenoxy) is 1. The van der Waals surface area contributed by atoms with Crippen LogP contribution in [0.25, 0.3) is 10.9 Å². The van der Waals surface area contributed by atoms with E-state index in [1.807, 2.05) is 0 Å². The quantitative estimate of drug-likeness (QED) is 0.787. The number of benzene rings is 1. The molecule has 124 valence electrons. The van der Waals surface area contributed by atoms with E-state index in [0.717, 1.165) is 6.07 Å². The number of hydrogen-bond donors (Lipinski definition) is 0. The molecule has 1 aromatic heterocycles. The molecule has 0 amide bonds. The van der Waals surface area contributed by atoms with Gasteiger partial charge in [-0.25, -0.2) is 9.18 Å². The first-order valence-corrected chi connectivity index (χ1v) is 8.83. The average Bonchev–Trinajstić information content (AvgIpc) is 2.49. The molecule has 2 rings (SSSR count). The molecule has 0 fully saturated rings. The SMILES string of the molecule is CCOC(=O)c1c([S@@](C)=O)n(CC)c2cc(Cl)c(F)cc2c1=O. The van der Waals surface area contributed by atoms with Crippen molar-refractivity contribution in [2.45, 2.75) is 25.4 Å². The number of carbonyl (C=O) groups excluding carboxylic acids is 1. The van der Waals surface area contributed by atoms with Gasteiger partial charge in [0.05, 0.1) is 27.9 Å². The van der Waals surface area contributed by atoms with Crippen molar-refractivity contribution < 1.29 is 18.1 Å². The Morgan fingerprint density at radius 3 is 2.57 bits per heavy atom. The van der Waals surface area contributed by atoms with Crippen LogP contribution >= 0.6 is 11.6 Å². The number of aromatic nitrogens is 1. The summed E-state index contributed by atoms with van der Waals surface area (Å²) >= 11 is 5.80. The maximum Gasteiger partial charge on any atom is 0.344 e. The van der Waals surface area contributed by atoms with Gasteiger partial charge in [-0.05, 0) is 26.0 Å². The Balaban J connectivity index is 3.05. The summed E-state index contributed by atoms with van der Waals surface area (Å²) in [5, 5.41) is -0.118. The van der Waals surface area contributed by atoms with Gasteiger partial charge < -0.3 is 9.30 Å². The monoisotopic (exact) mass is 359 g/mol. The Hall–Kier alpha value is -1.73. The van der Waals surface area contributed by atoms with Gasteiger partial charge in [0.2, 0.25) is 5.43 Å². The summed E-state index contributed by atoms with van der Waals surface area (Å²) in [6.07, 6.45) is 1.36. The number of aryl methyl sites for hydroxylation is 1. The van der Waals surface area contributed by atoms with Crippen LogP contribution in [-0.2, 0) is 22.1 Å². The molecule has 0 radical (unpaired) electrons. The van der Waals surface area contributed by atoms with Gasteiger partial charge in [0.15, 0.2) is 0 Å². The van der Waals surface area contributed by atoms with Crippen LogP contribution in [0.2, 0.25) is 5.02 Å². The van der Waals surface area contributed by atoms with E-state index < -0.39 is 28.0 Å². The highest BCUT2D eigenvalue weighted by molar-refractivity contribution is 7.84. The Bertz CT molecular complexity index is 878. The van der Waals surface area contributed by atoms with E-state index in [1.165, 1.54) is 16.9 Å². The third-order valence-corrected chi connectivity index (χ3v) is 4.59. The zero-order chi connectivity index (χ0) is 17.3. The Morgan fingerprint density at radius 2 is 2.04 bits per heavy atom. The minimum absolute atomic E-state index is 0.00833. The van der Waals surface area contributed by atoms with Gasteiger partial charge in [0.1, 0.15) is 16.4 Å². The van der Waals surface area contributed by atoms with Crippen LogP contribution in [0, 0.1) is 5.82 Å². The third-order valence-electron chi connectivity index (χ3n) is 3.33. The molecule has 5 nitrogen and oxygen atoms in total. The molecule has 0 saturated heterocycles. The van der Waals surface area contributed by atoms with E-state index in [9.17, 15) is 18.2 Å². The van der Waals surface area contributed by atoms with Crippen LogP contribution < -0.4 is 5.43 Å². The second-order valence-corrected chi connectivity index (χ2v) is 6.41. The zero-order valence-electron chi connectivity index (χ0n) is 12.8. The van der Waals surface area contributed by atoms with Crippen LogP contribution in [-0.4, -0.2) is 27.6 Å². The molecule has 1 aromatic carbocycles. The lowest BCUT2D eigenvalue weighted by atomic mass is 10.1. The van der Waals surface area contributed by atoms with E-state index in [2.05, 4.69) is 0 Å². The van der Waals surface area contributed by atoms with Crippen molar-refractivity contribution in [2.24, 2.45) is 0 Å². The lowest BCUT2D eigenvalue weighted by molar-refractivity contribution is 0.0519. The van der Waals surface area contributed by atoms with Crippen molar-refractivity contribution in [2.75, 3.05) is 12.9 Å². The number of fused-ring (bicyclic) bond motifs is 1. The van der Waals surface area contributed by atoms with Gasteiger partial charge in [-0.1, -0.05) is 11.6 Å². The van der Waals surface area contributed by atoms with Crippen LogP contribution in [0.15, 0.2) is 22.0 Å². The lowest BCUT2D eigenvalue weighted by Crippen LogP contribution is -2.26. The topological polar surface area (TPSA) is 65.4 Å². The molecule has 0 aliphatic rings. The molecule has 23 heavy (non-hydrogen) atoms. The summed E-state index contributed by atoms with van der Waals surface area (Å²) in [7, 11) is -1.63. The zero-order valence-corrected chi connectivity index (χ0v) is 14.4. The Morgan fingerprint density at radius 1 is 1.39 bits per heavy atom. The standard InChI is InChI=1S/C15H15ClFNO4S/c1-4-18-11-7-9(16)10(17)6-8(11)13(19)12(14(18)23(3)21)15(20)22-5-2/h6-7H,4-5H2,1-3H3/t23-/m1/s1. The highest BCUT2D eigenvalue weighted by Crippen LogP contribution is 2.25. The first-order chi connectivity index (χ1) is 10.8. The summed E-state index contributed by atoms with van der Waals surface area (Å²) in [5.74, 6) is -1.64. The number of carbonyl (C=O) groups is 1. The average molecular weight is 360 g/mol. The largest absolute Gasteiger partial charge is 0.462 e. The number of halogens is 2. The van der Waals surface area contributed by atoms with Gasteiger partial charge in [-0.15, -0.1) is 0 Å². The molecular weight excluding hydrogens is 345 g/mol. The van der Waals surface area contributed by atoms with Gasteiger partial charge in [-0.2, -0.15) is 0 Å². The van der Waals surface area contributed by atoms with Crippen molar-refractivity contribution >= 4 is 39.3 Å². The minimum Gasteiger partial charge on any atom is -0.462 e. The van der Waals surface area contributed by atoms with E-state index in [1.54, 1.807) is 13.8 Å². The molecule has 8 heteroatoms. The smallest absolute Gasteiger partial charge is 0.344 e. The summed E-state index contributed by atoms with van der Waals surface area (Å²) in [6.45, 7) is 3.74. The normalized spacial score (nSPS) is 12.4. The molecule has 0 aliphatic carbocycles. The second-order valence-electron chi connectivity index (χ2n) is 4.71. The Labute approximate surface area is 139 Å². The molecule has 0 saturated carbocycles. The minimum atomic E-state index is -1.63. The van der Waals surface area contributed by atoms with Gasteiger partial charge in [0.25, 0.3) is 0 Å². The van der Waals surface area contributed by atoms with Crippen molar-refractivity contribution in [1.29, 1.82) is 0 Å². The van der Waals surface area contributed by atoms with E-state index >= 15 is 0 Å². The van der Waals surface area contributed by atoms with Gasteiger partial charge in [-0.3, -0.25) is 9.00 Å². The number of nitrogens with zero attached hydrogens (tertiary/aromatic N) is 1. The maximum atomic E-state index is 13.7. The number of esters is 1.